The monoisotopic (exact) mass is 566 g/mol. The van der Waals surface area contributed by atoms with Gasteiger partial charge in [-0.05, 0) is 53.1 Å². The number of rotatable bonds is 5. The zero-order chi connectivity index (χ0) is 29.3. The van der Waals surface area contributed by atoms with Gasteiger partial charge in [0.05, 0.1) is 24.6 Å². The van der Waals surface area contributed by atoms with Crippen LogP contribution in [0.15, 0.2) is 114 Å². The smallest absolute Gasteiger partial charge is 0.238 e. The number of benzene rings is 4. The van der Waals surface area contributed by atoms with Crippen LogP contribution in [-0.4, -0.2) is 35.5 Å². The van der Waals surface area contributed by atoms with Crippen LogP contribution >= 0.6 is 0 Å². The number of carbonyl (C=O) groups excluding carboxylic acids is 3. The topological polar surface area (TPSA) is 88.9 Å². The molecule has 7 heteroatoms. The molecule has 4 heterocycles. The summed E-state index contributed by atoms with van der Waals surface area (Å²) in [6.45, 7) is 0. The molecule has 0 radical (unpaired) electrons. The molecule has 1 N–H and O–H groups in total. The van der Waals surface area contributed by atoms with Gasteiger partial charge in [-0.25, -0.2) is 0 Å². The van der Waals surface area contributed by atoms with Gasteiger partial charge in [0, 0.05) is 17.3 Å². The standard InChI is InChI=1S/C36H26N2O5/c1-42-28-17-9-5-13-24(28)32(39)31-30(33(40)29-20-22-11-3-8-16-27(22)43-29)36(25-14-6-7-15-26(25)37-35(36)41)34-23-12-4-2-10-21(23)18-19-38(31)34/h2-20,30-31,34H,1H3,(H,37,41)/t30-,31+,34+,36-/m1/s1. The number of methoxy groups -OCH3 is 1. The predicted molar refractivity (Wildman–Crippen MR) is 162 cm³/mol. The van der Waals surface area contributed by atoms with Crippen LogP contribution in [0.25, 0.3) is 17.0 Å². The number of carbonyl (C=O) groups is 3. The van der Waals surface area contributed by atoms with Gasteiger partial charge in [-0.3, -0.25) is 14.4 Å². The number of furan rings is 1. The quantitative estimate of drug-likeness (QED) is 0.247. The number of Topliss-reactive ketones (excluding diaryl/α,β-unsaturated/α-hetero) is 2. The van der Waals surface area contributed by atoms with Crippen LogP contribution in [0.2, 0.25) is 0 Å². The number of para-hydroxylation sites is 3. The zero-order valence-corrected chi connectivity index (χ0v) is 23.2. The number of ether oxygens (including phenoxy) is 1. The normalized spacial score (nSPS) is 23.1. The van der Waals surface area contributed by atoms with Crippen LogP contribution in [-0.2, 0) is 10.2 Å². The summed E-state index contributed by atoms with van der Waals surface area (Å²) < 4.78 is 11.7. The maximum atomic E-state index is 15.0. The Labute approximate surface area is 247 Å². The molecule has 0 saturated carbocycles. The van der Waals surface area contributed by atoms with Gasteiger partial charge in [-0.1, -0.05) is 72.8 Å². The molecule has 8 rings (SSSR count). The second-order valence-corrected chi connectivity index (χ2v) is 11.2. The average molecular weight is 567 g/mol. The van der Waals surface area contributed by atoms with Crippen LogP contribution in [0.1, 0.15) is 43.6 Å². The Balaban J connectivity index is 1.44. The average Bonchev–Trinajstić information content (AvgIpc) is 3.71. The van der Waals surface area contributed by atoms with Crippen molar-refractivity contribution in [1.29, 1.82) is 0 Å². The SMILES string of the molecule is COc1ccccc1C(=O)[C@@H]1[C@H](C(=O)c2cc3ccccc3o2)[C@@]2(C(=O)Nc3ccccc32)[C@@H]2c3ccccc3C=CN12. The Morgan fingerprint density at radius 3 is 2.49 bits per heavy atom. The Hall–Kier alpha value is -5.43. The fourth-order valence-electron chi connectivity index (χ4n) is 7.43. The summed E-state index contributed by atoms with van der Waals surface area (Å²) in [7, 11) is 1.51. The number of ketones is 2. The molecule has 1 fully saturated rings. The summed E-state index contributed by atoms with van der Waals surface area (Å²) in [5, 5.41) is 3.84. The first-order valence-corrected chi connectivity index (χ1v) is 14.2. The molecule has 4 aromatic carbocycles. The molecule has 1 amide bonds. The van der Waals surface area contributed by atoms with Gasteiger partial charge < -0.3 is 19.4 Å². The largest absolute Gasteiger partial charge is 0.496 e. The second-order valence-electron chi connectivity index (χ2n) is 11.2. The molecule has 3 aliphatic rings. The van der Waals surface area contributed by atoms with Gasteiger partial charge in [0.25, 0.3) is 0 Å². The van der Waals surface area contributed by atoms with Crippen molar-refractivity contribution in [2.24, 2.45) is 5.92 Å². The highest BCUT2D eigenvalue weighted by atomic mass is 16.5. The third-order valence-corrected chi connectivity index (χ3v) is 9.16. The Bertz CT molecular complexity index is 1970. The van der Waals surface area contributed by atoms with Gasteiger partial charge in [-0.2, -0.15) is 0 Å². The van der Waals surface area contributed by atoms with E-state index in [-0.39, 0.29) is 17.5 Å². The lowest BCUT2D eigenvalue weighted by molar-refractivity contribution is -0.122. The lowest BCUT2D eigenvalue weighted by Gasteiger charge is -2.38. The molecule has 0 bridgehead atoms. The highest BCUT2D eigenvalue weighted by Crippen LogP contribution is 2.62. The molecule has 1 aromatic heterocycles. The molecule has 3 aliphatic heterocycles. The van der Waals surface area contributed by atoms with Crippen LogP contribution in [0.5, 0.6) is 5.75 Å². The summed E-state index contributed by atoms with van der Waals surface area (Å²) in [4.78, 5) is 46.3. The van der Waals surface area contributed by atoms with Gasteiger partial charge in [0.2, 0.25) is 11.7 Å². The van der Waals surface area contributed by atoms with E-state index in [1.54, 1.807) is 36.4 Å². The van der Waals surface area contributed by atoms with Crippen molar-refractivity contribution in [2.45, 2.75) is 17.5 Å². The highest BCUT2D eigenvalue weighted by Gasteiger charge is 2.71. The summed E-state index contributed by atoms with van der Waals surface area (Å²) in [6.07, 6.45) is 3.79. The third kappa shape index (κ3) is 3.39. The van der Waals surface area contributed by atoms with Crippen molar-refractivity contribution in [2.75, 3.05) is 12.4 Å². The first-order chi connectivity index (χ1) is 21.0. The maximum absolute atomic E-state index is 15.0. The minimum absolute atomic E-state index is 0.109. The highest BCUT2D eigenvalue weighted by molar-refractivity contribution is 6.17. The predicted octanol–water partition coefficient (Wildman–Crippen LogP) is 6.42. The van der Waals surface area contributed by atoms with E-state index in [0.29, 0.717) is 28.1 Å². The van der Waals surface area contributed by atoms with E-state index in [1.165, 1.54) is 7.11 Å². The van der Waals surface area contributed by atoms with E-state index in [2.05, 4.69) is 5.32 Å². The number of anilines is 1. The lowest BCUT2D eigenvalue weighted by atomic mass is 9.63. The van der Waals surface area contributed by atoms with Gasteiger partial charge in [0.15, 0.2) is 11.5 Å². The number of hydrogen-bond donors (Lipinski definition) is 1. The van der Waals surface area contributed by atoms with Crippen molar-refractivity contribution in [3.8, 4) is 5.75 Å². The molecule has 1 spiro atoms. The molecule has 7 nitrogen and oxygen atoms in total. The minimum Gasteiger partial charge on any atom is -0.496 e. The van der Waals surface area contributed by atoms with Gasteiger partial charge in [-0.15, -0.1) is 0 Å². The summed E-state index contributed by atoms with van der Waals surface area (Å²) >= 11 is 0. The van der Waals surface area contributed by atoms with E-state index in [1.807, 2.05) is 83.9 Å². The maximum Gasteiger partial charge on any atom is 0.238 e. The number of amides is 1. The Kier molecular flexibility index (Phi) is 5.46. The summed E-state index contributed by atoms with van der Waals surface area (Å²) in [6, 6.07) is 29.7. The zero-order valence-electron chi connectivity index (χ0n) is 23.2. The van der Waals surface area contributed by atoms with Crippen molar-refractivity contribution in [3.05, 3.63) is 137 Å². The van der Waals surface area contributed by atoms with Gasteiger partial charge in [0.1, 0.15) is 22.8 Å². The fourth-order valence-corrected chi connectivity index (χ4v) is 7.43. The molecule has 0 aliphatic carbocycles. The molecule has 43 heavy (non-hydrogen) atoms. The van der Waals surface area contributed by atoms with Crippen LogP contribution in [0.4, 0.5) is 5.69 Å². The first-order valence-electron chi connectivity index (χ1n) is 14.2. The van der Waals surface area contributed by atoms with E-state index in [9.17, 15) is 14.4 Å². The van der Waals surface area contributed by atoms with Crippen LogP contribution in [0.3, 0.4) is 0 Å². The number of hydrogen-bond acceptors (Lipinski definition) is 6. The van der Waals surface area contributed by atoms with Crippen molar-refractivity contribution in [1.82, 2.24) is 4.90 Å². The van der Waals surface area contributed by atoms with Crippen LogP contribution in [0, 0.1) is 5.92 Å². The Morgan fingerprint density at radius 1 is 0.884 bits per heavy atom. The summed E-state index contributed by atoms with van der Waals surface area (Å²) in [5.41, 5.74) is 2.58. The van der Waals surface area contributed by atoms with Crippen molar-refractivity contribution >= 4 is 40.2 Å². The van der Waals surface area contributed by atoms with Crippen LogP contribution < -0.4 is 10.1 Å². The number of nitrogens with one attached hydrogen (secondary N) is 1. The first kappa shape index (κ1) is 25.3. The van der Waals surface area contributed by atoms with E-state index < -0.39 is 29.2 Å². The van der Waals surface area contributed by atoms with Gasteiger partial charge >= 0.3 is 0 Å². The number of nitrogens with zero attached hydrogens (tertiary/aromatic N) is 1. The molecule has 210 valence electrons. The third-order valence-electron chi connectivity index (χ3n) is 9.16. The molecule has 1 saturated heterocycles. The minimum atomic E-state index is -1.43. The van der Waals surface area contributed by atoms with E-state index in [4.69, 9.17) is 9.15 Å². The van der Waals surface area contributed by atoms with Crippen molar-refractivity contribution < 1.29 is 23.5 Å². The van der Waals surface area contributed by atoms with E-state index >= 15 is 0 Å². The number of fused-ring (bicyclic) bond motifs is 7. The van der Waals surface area contributed by atoms with Crippen molar-refractivity contribution in [3.63, 3.8) is 0 Å². The molecular formula is C36H26N2O5. The molecule has 5 aromatic rings. The lowest BCUT2D eigenvalue weighted by Crippen LogP contribution is -2.49. The molecule has 0 unspecified atom stereocenters. The Morgan fingerprint density at radius 2 is 1.63 bits per heavy atom. The molecular weight excluding hydrogens is 540 g/mol. The summed E-state index contributed by atoms with van der Waals surface area (Å²) in [5.74, 6) is -1.66. The van der Waals surface area contributed by atoms with E-state index in [0.717, 1.165) is 16.5 Å². The second kappa shape index (κ2) is 9.29. The molecule has 4 atom stereocenters. The fraction of sp³-hybridized carbons (Fsp3) is 0.139.